The second-order valence-electron chi connectivity index (χ2n) is 6.33. The van der Waals surface area contributed by atoms with Crippen LogP contribution in [0.2, 0.25) is 0 Å². The molecule has 3 heteroatoms. The van der Waals surface area contributed by atoms with Gasteiger partial charge in [-0.1, -0.05) is 13.8 Å². The maximum atomic E-state index is 3.68. The quantitative estimate of drug-likeness (QED) is 0.809. The zero-order valence-electron chi connectivity index (χ0n) is 12.5. The van der Waals surface area contributed by atoms with Gasteiger partial charge < -0.3 is 10.2 Å². The first-order valence-electron chi connectivity index (χ1n) is 7.86. The molecule has 0 aromatic rings. The molecule has 2 fully saturated rings. The van der Waals surface area contributed by atoms with Crippen LogP contribution in [-0.2, 0) is 0 Å². The van der Waals surface area contributed by atoms with Crippen LogP contribution in [-0.4, -0.2) is 61.7 Å². The normalized spacial score (nSPS) is 37.2. The summed E-state index contributed by atoms with van der Waals surface area (Å²) < 4.78 is 0. The Bertz CT molecular complexity index is 244. The lowest BCUT2D eigenvalue weighted by atomic mass is 9.91. The van der Waals surface area contributed by atoms with E-state index in [4.69, 9.17) is 0 Å². The van der Waals surface area contributed by atoms with Crippen molar-refractivity contribution in [2.45, 2.75) is 51.6 Å². The van der Waals surface area contributed by atoms with Crippen molar-refractivity contribution in [3.05, 3.63) is 0 Å². The van der Waals surface area contributed by atoms with Crippen molar-refractivity contribution in [2.75, 3.05) is 39.8 Å². The van der Waals surface area contributed by atoms with Crippen LogP contribution in [0, 0.1) is 5.92 Å². The monoisotopic (exact) mass is 253 g/mol. The summed E-state index contributed by atoms with van der Waals surface area (Å²) in [4.78, 5) is 5.28. The molecule has 0 spiro atoms. The minimum absolute atomic E-state index is 0.745. The molecule has 2 saturated heterocycles. The van der Waals surface area contributed by atoms with Crippen molar-refractivity contribution in [3.8, 4) is 0 Å². The average molecular weight is 253 g/mol. The van der Waals surface area contributed by atoms with Gasteiger partial charge in [0.15, 0.2) is 0 Å². The molecule has 3 atom stereocenters. The molecule has 3 nitrogen and oxygen atoms in total. The summed E-state index contributed by atoms with van der Waals surface area (Å²) in [5, 5.41) is 3.68. The van der Waals surface area contributed by atoms with Crippen molar-refractivity contribution in [1.82, 2.24) is 15.1 Å². The van der Waals surface area contributed by atoms with Gasteiger partial charge in [-0.15, -0.1) is 0 Å². The van der Waals surface area contributed by atoms with Crippen LogP contribution < -0.4 is 5.32 Å². The summed E-state index contributed by atoms with van der Waals surface area (Å²) >= 11 is 0. The zero-order valence-corrected chi connectivity index (χ0v) is 12.5. The molecule has 2 aliphatic heterocycles. The molecule has 3 unspecified atom stereocenters. The van der Waals surface area contributed by atoms with Gasteiger partial charge in [-0.3, -0.25) is 4.90 Å². The van der Waals surface area contributed by atoms with Crippen molar-refractivity contribution in [3.63, 3.8) is 0 Å². The van der Waals surface area contributed by atoms with Gasteiger partial charge in [0.05, 0.1) is 0 Å². The van der Waals surface area contributed by atoms with E-state index in [2.05, 4.69) is 36.0 Å². The first kappa shape index (κ1) is 14.3. The third-order valence-corrected chi connectivity index (χ3v) is 4.84. The Morgan fingerprint density at radius 2 is 2.00 bits per heavy atom. The zero-order chi connectivity index (χ0) is 13.0. The van der Waals surface area contributed by atoms with Crippen LogP contribution in [0.1, 0.15) is 39.5 Å². The van der Waals surface area contributed by atoms with Crippen LogP contribution in [0.4, 0.5) is 0 Å². The van der Waals surface area contributed by atoms with Crippen LogP contribution >= 0.6 is 0 Å². The van der Waals surface area contributed by atoms with Crippen LogP contribution in [0.25, 0.3) is 0 Å². The molecule has 0 bridgehead atoms. The number of piperidine rings is 1. The molecule has 18 heavy (non-hydrogen) atoms. The van der Waals surface area contributed by atoms with E-state index in [0.29, 0.717) is 0 Å². The van der Waals surface area contributed by atoms with Crippen molar-refractivity contribution < 1.29 is 0 Å². The highest BCUT2D eigenvalue weighted by Crippen LogP contribution is 2.22. The summed E-state index contributed by atoms with van der Waals surface area (Å²) in [5.41, 5.74) is 0. The van der Waals surface area contributed by atoms with E-state index in [1.165, 1.54) is 58.4 Å². The number of nitrogens with one attached hydrogen (secondary N) is 1. The molecule has 0 radical (unpaired) electrons. The van der Waals surface area contributed by atoms with E-state index in [0.717, 1.165) is 18.0 Å². The van der Waals surface area contributed by atoms with Gasteiger partial charge in [0.25, 0.3) is 0 Å². The fourth-order valence-electron chi connectivity index (χ4n) is 3.69. The smallest absolute Gasteiger partial charge is 0.0145 e. The molecule has 1 N–H and O–H groups in total. The van der Waals surface area contributed by atoms with Crippen LogP contribution in [0.15, 0.2) is 0 Å². The van der Waals surface area contributed by atoms with E-state index < -0.39 is 0 Å². The van der Waals surface area contributed by atoms with Gasteiger partial charge >= 0.3 is 0 Å². The Labute approximate surface area is 113 Å². The maximum absolute atomic E-state index is 3.68. The lowest BCUT2D eigenvalue weighted by molar-refractivity contribution is 0.0668. The lowest BCUT2D eigenvalue weighted by Crippen LogP contribution is -2.51. The van der Waals surface area contributed by atoms with E-state index in [-0.39, 0.29) is 0 Å². The molecule has 2 heterocycles. The average Bonchev–Trinajstić information content (AvgIpc) is 2.31. The molecule has 0 saturated carbocycles. The predicted octanol–water partition coefficient (Wildman–Crippen LogP) is 1.79. The predicted molar refractivity (Wildman–Crippen MR) is 78.0 cm³/mol. The van der Waals surface area contributed by atoms with Gasteiger partial charge in [-0.25, -0.2) is 0 Å². The largest absolute Gasteiger partial charge is 0.314 e. The van der Waals surface area contributed by atoms with E-state index in [9.17, 15) is 0 Å². The fourth-order valence-corrected chi connectivity index (χ4v) is 3.69. The minimum atomic E-state index is 0.745. The summed E-state index contributed by atoms with van der Waals surface area (Å²) in [6, 6.07) is 1.58. The molecule has 2 rings (SSSR count). The molecule has 2 aliphatic rings. The summed E-state index contributed by atoms with van der Waals surface area (Å²) in [6.45, 7) is 11.1. The Hall–Kier alpha value is -0.120. The van der Waals surface area contributed by atoms with Gasteiger partial charge in [-0.2, -0.15) is 0 Å². The standard InChI is InChI=1S/C15H31N3/c1-4-14-6-11-18(9-5-8-16-14)15-7-10-17(3)12-13(15)2/h13-16H,4-12H2,1-3H3. The maximum Gasteiger partial charge on any atom is 0.0145 e. The summed E-state index contributed by atoms with van der Waals surface area (Å²) in [5.74, 6) is 0.830. The fraction of sp³-hybridized carbons (Fsp3) is 1.00. The molecular formula is C15H31N3. The second-order valence-corrected chi connectivity index (χ2v) is 6.33. The molecule has 0 aromatic heterocycles. The Balaban J connectivity index is 1.89. The molecule has 0 aliphatic carbocycles. The minimum Gasteiger partial charge on any atom is -0.314 e. The Morgan fingerprint density at radius 1 is 1.17 bits per heavy atom. The topological polar surface area (TPSA) is 18.5 Å². The highest BCUT2D eigenvalue weighted by Gasteiger charge is 2.29. The number of hydrogen-bond donors (Lipinski definition) is 1. The molecule has 106 valence electrons. The summed E-state index contributed by atoms with van der Waals surface area (Å²) in [7, 11) is 2.26. The number of nitrogens with zero attached hydrogens (tertiary/aromatic N) is 2. The van der Waals surface area contributed by atoms with E-state index in [1.54, 1.807) is 0 Å². The molecule has 0 amide bonds. The Morgan fingerprint density at radius 3 is 2.72 bits per heavy atom. The highest BCUT2D eigenvalue weighted by atomic mass is 15.2. The lowest BCUT2D eigenvalue weighted by Gasteiger charge is -2.43. The molecular weight excluding hydrogens is 222 g/mol. The van der Waals surface area contributed by atoms with Crippen molar-refractivity contribution in [1.29, 1.82) is 0 Å². The van der Waals surface area contributed by atoms with E-state index in [1.807, 2.05) is 0 Å². The van der Waals surface area contributed by atoms with Gasteiger partial charge in [0.1, 0.15) is 0 Å². The van der Waals surface area contributed by atoms with Crippen molar-refractivity contribution in [2.24, 2.45) is 5.92 Å². The SMILES string of the molecule is CCC1CCN(C2CCN(C)CC2C)CCCN1. The van der Waals surface area contributed by atoms with Crippen LogP contribution in [0.5, 0.6) is 0 Å². The third kappa shape index (κ3) is 3.69. The van der Waals surface area contributed by atoms with Crippen molar-refractivity contribution >= 4 is 0 Å². The second kappa shape index (κ2) is 6.88. The van der Waals surface area contributed by atoms with Crippen LogP contribution in [0.3, 0.4) is 0 Å². The first-order valence-corrected chi connectivity index (χ1v) is 7.86. The summed E-state index contributed by atoms with van der Waals surface area (Å²) in [6.07, 6.45) is 5.28. The number of hydrogen-bond acceptors (Lipinski definition) is 3. The highest BCUT2D eigenvalue weighted by molar-refractivity contribution is 4.85. The Kier molecular flexibility index (Phi) is 5.46. The van der Waals surface area contributed by atoms with Gasteiger partial charge in [-0.05, 0) is 64.8 Å². The molecule has 0 aromatic carbocycles. The number of rotatable bonds is 2. The first-order chi connectivity index (χ1) is 8.70. The number of likely N-dealkylation sites (tertiary alicyclic amines) is 1. The van der Waals surface area contributed by atoms with Gasteiger partial charge in [0, 0.05) is 18.6 Å². The van der Waals surface area contributed by atoms with Gasteiger partial charge in [0.2, 0.25) is 0 Å². The third-order valence-electron chi connectivity index (χ3n) is 4.84. The van der Waals surface area contributed by atoms with E-state index >= 15 is 0 Å².